The number of amides is 8. The van der Waals surface area contributed by atoms with E-state index in [0.29, 0.717) is 11.1 Å². The highest BCUT2D eigenvalue weighted by Gasteiger charge is 2.33. The van der Waals surface area contributed by atoms with Gasteiger partial charge in [-0.25, -0.2) is 0 Å². The van der Waals surface area contributed by atoms with Gasteiger partial charge in [-0.3, -0.25) is 48.1 Å². The van der Waals surface area contributed by atoms with E-state index in [1.54, 1.807) is 44.2 Å². The zero-order chi connectivity index (χ0) is 51.1. The van der Waals surface area contributed by atoms with Gasteiger partial charge in [0, 0.05) is 19.4 Å². The van der Waals surface area contributed by atoms with E-state index in [9.17, 15) is 48.3 Å². The largest absolute Gasteiger partial charge is 0.508 e. The minimum atomic E-state index is -1.50. The van der Waals surface area contributed by atoms with Gasteiger partial charge >= 0.3 is 5.97 Å². The topological polar surface area (TPSA) is 395 Å². The lowest BCUT2D eigenvalue weighted by Gasteiger charge is -2.27. The first-order valence-electron chi connectivity index (χ1n) is 22.2. The van der Waals surface area contributed by atoms with Crippen LogP contribution < -0.4 is 60.2 Å². The number of carboxylic acid groups (broad SMARTS) is 1. The summed E-state index contributed by atoms with van der Waals surface area (Å²) >= 11 is 0. The quantitative estimate of drug-likeness (QED) is 0.0231. The van der Waals surface area contributed by atoms with E-state index in [1.807, 2.05) is 13.8 Å². The Labute approximate surface area is 395 Å². The molecule has 7 atom stereocenters. The van der Waals surface area contributed by atoms with Gasteiger partial charge in [0.1, 0.15) is 42.0 Å². The first-order chi connectivity index (χ1) is 31.9. The number of carbonyl (C=O) groups is 9. The fraction of sp³-hybridized carbons (Fsp3) is 0.511. The van der Waals surface area contributed by atoms with E-state index in [1.165, 1.54) is 31.2 Å². The van der Waals surface area contributed by atoms with Crippen molar-refractivity contribution in [3.63, 3.8) is 0 Å². The molecule has 0 radical (unpaired) electrons. The number of phenolic OH excluding ortho intramolecular Hbond substituents is 1. The standard InChI is InChI=1S/C45H68N12O11/c1-24(2)18-32(38(47)62)53-36(59)23-51-41(65)34(20-27-10-7-6-8-11-27)55-39(63)26(5)52-43(67)35(21-28-13-15-29(58)16-14-28)57-44(68)33(19-25(3)4)56-42(66)31(12-9-17-50-45(48)49)54-40(64)30(46)22-37(60)61/h6-8,10-11,13-16,24-26,30-35,58H,9,12,17-23,46H2,1-5H3,(H2,47,62)(H,51,65)(H,52,67)(H,53,59)(H,54,64)(H,55,63)(H,56,66)(H,57,68)(H,60,61)(H4,48,49,50). The predicted molar refractivity (Wildman–Crippen MR) is 250 cm³/mol. The summed E-state index contributed by atoms with van der Waals surface area (Å²) in [7, 11) is 0. The van der Waals surface area contributed by atoms with E-state index in [0.717, 1.165) is 0 Å². The van der Waals surface area contributed by atoms with Crippen LogP contribution in [0.4, 0.5) is 0 Å². The Morgan fingerprint density at radius 2 is 1.09 bits per heavy atom. The molecule has 2 aromatic carbocycles. The van der Waals surface area contributed by atoms with Crippen LogP contribution in [0.5, 0.6) is 5.75 Å². The van der Waals surface area contributed by atoms with Gasteiger partial charge in [-0.05, 0) is 67.7 Å². The Morgan fingerprint density at radius 1 is 0.588 bits per heavy atom. The summed E-state index contributed by atoms with van der Waals surface area (Å²) in [5.74, 6) is -8.18. The summed E-state index contributed by atoms with van der Waals surface area (Å²) < 4.78 is 0. The maximum atomic E-state index is 14.1. The van der Waals surface area contributed by atoms with E-state index in [4.69, 9.17) is 28.0 Å². The summed E-state index contributed by atoms with van der Waals surface area (Å²) in [5.41, 5.74) is 23.1. The minimum absolute atomic E-state index is 0.0175. The number of aliphatic imine (C=N–C) groups is 1. The molecule has 0 fully saturated rings. The maximum absolute atomic E-state index is 14.1. The molecule has 23 nitrogen and oxygen atoms in total. The van der Waals surface area contributed by atoms with Gasteiger partial charge in [-0.1, -0.05) is 70.2 Å². The predicted octanol–water partition coefficient (Wildman–Crippen LogP) is -2.34. The molecule has 68 heavy (non-hydrogen) atoms. The van der Waals surface area contributed by atoms with E-state index in [2.05, 4.69) is 42.2 Å². The molecular weight excluding hydrogens is 885 g/mol. The Bertz CT molecular complexity index is 2060. The second-order valence-electron chi connectivity index (χ2n) is 17.2. The van der Waals surface area contributed by atoms with Gasteiger partial charge in [0.15, 0.2) is 5.96 Å². The molecule has 2 aromatic rings. The molecule has 8 amide bonds. The van der Waals surface area contributed by atoms with Crippen molar-refractivity contribution in [3.05, 3.63) is 65.7 Å². The number of hydrogen-bond acceptors (Lipinski definition) is 12. The minimum Gasteiger partial charge on any atom is -0.508 e. The highest BCUT2D eigenvalue weighted by molar-refractivity contribution is 5.97. The molecule has 0 bridgehead atoms. The Balaban J connectivity index is 2.35. The Hall–Kier alpha value is -7.30. The molecule has 0 saturated carbocycles. The number of carbonyl (C=O) groups excluding carboxylic acids is 8. The first kappa shape index (κ1) is 56.8. The van der Waals surface area contributed by atoms with Crippen LogP contribution in [0.25, 0.3) is 0 Å². The van der Waals surface area contributed by atoms with Crippen LogP contribution in [0.1, 0.15) is 77.8 Å². The number of nitrogens with two attached hydrogens (primary N) is 4. The monoisotopic (exact) mass is 953 g/mol. The van der Waals surface area contributed by atoms with Gasteiger partial charge in [-0.2, -0.15) is 0 Å². The molecule has 0 aromatic heterocycles. The van der Waals surface area contributed by atoms with Crippen LogP contribution >= 0.6 is 0 Å². The number of phenols is 1. The number of hydrogen-bond donors (Lipinski definition) is 13. The maximum Gasteiger partial charge on any atom is 0.305 e. The Kier molecular flexibility index (Phi) is 24.0. The molecular formula is C45H68N12O11. The summed E-state index contributed by atoms with van der Waals surface area (Å²) in [4.78, 5) is 122. The third kappa shape index (κ3) is 21.8. The number of primary amides is 1. The fourth-order valence-electron chi connectivity index (χ4n) is 6.65. The van der Waals surface area contributed by atoms with Gasteiger partial charge in [0.2, 0.25) is 47.3 Å². The molecule has 0 saturated heterocycles. The molecule has 7 unspecified atom stereocenters. The number of aliphatic carboxylic acids is 1. The first-order valence-corrected chi connectivity index (χ1v) is 22.2. The van der Waals surface area contributed by atoms with E-state index >= 15 is 0 Å². The van der Waals surface area contributed by atoms with Crippen LogP contribution in [0, 0.1) is 11.8 Å². The fourth-order valence-corrected chi connectivity index (χ4v) is 6.65. The molecule has 2 rings (SSSR count). The van der Waals surface area contributed by atoms with Gasteiger partial charge in [0.05, 0.1) is 19.0 Å². The van der Waals surface area contributed by atoms with Crippen LogP contribution in [0.15, 0.2) is 59.6 Å². The number of nitrogens with zero attached hydrogens (tertiary/aromatic N) is 1. The summed E-state index contributed by atoms with van der Waals surface area (Å²) in [5, 5.41) is 36.9. The lowest BCUT2D eigenvalue weighted by molar-refractivity contribution is -0.140. The number of benzene rings is 2. The SMILES string of the molecule is CC(C)CC(NC(=O)CNC(=O)C(Cc1ccccc1)NC(=O)C(C)NC(=O)C(Cc1ccc(O)cc1)NC(=O)C(CC(C)C)NC(=O)C(CCCN=C(N)N)NC(=O)C(N)CC(=O)O)C(N)=O. The molecule has 0 spiro atoms. The third-order valence-corrected chi connectivity index (χ3v) is 10.1. The van der Waals surface area contributed by atoms with Crippen LogP contribution in [0.2, 0.25) is 0 Å². The van der Waals surface area contributed by atoms with Crippen molar-refractivity contribution < 1.29 is 53.4 Å². The van der Waals surface area contributed by atoms with E-state index < -0.39 is 108 Å². The molecule has 0 aliphatic heterocycles. The normalized spacial score (nSPS) is 14.1. The average molecular weight is 953 g/mol. The number of carboxylic acids is 1. The van der Waals surface area contributed by atoms with Crippen molar-refractivity contribution in [2.75, 3.05) is 13.1 Å². The third-order valence-electron chi connectivity index (χ3n) is 10.1. The van der Waals surface area contributed by atoms with Crippen molar-refractivity contribution in [1.29, 1.82) is 0 Å². The van der Waals surface area contributed by atoms with Crippen molar-refractivity contribution in [2.45, 2.75) is 122 Å². The Morgan fingerprint density at radius 3 is 1.65 bits per heavy atom. The van der Waals surface area contributed by atoms with E-state index in [-0.39, 0.29) is 68.6 Å². The average Bonchev–Trinajstić information content (AvgIpc) is 3.25. The van der Waals surface area contributed by atoms with Crippen molar-refractivity contribution in [1.82, 2.24) is 37.2 Å². The summed E-state index contributed by atoms with van der Waals surface area (Å²) in [6, 6.07) is 5.42. The van der Waals surface area contributed by atoms with Crippen LogP contribution in [-0.2, 0) is 56.0 Å². The lowest BCUT2D eigenvalue weighted by Crippen LogP contribution is -2.60. The van der Waals surface area contributed by atoms with Crippen molar-refractivity contribution in [2.24, 2.45) is 39.8 Å². The lowest BCUT2D eigenvalue weighted by atomic mass is 10.00. The molecule has 374 valence electrons. The van der Waals surface area contributed by atoms with Gasteiger partial charge < -0.3 is 70.4 Å². The molecule has 17 N–H and O–H groups in total. The zero-order valence-electron chi connectivity index (χ0n) is 39.1. The highest BCUT2D eigenvalue weighted by Crippen LogP contribution is 2.14. The van der Waals surface area contributed by atoms with Crippen LogP contribution in [-0.4, -0.2) is 125 Å². The number of aromatic hydroxyl groups is 1. The second-order valence-corrected chi connectivity index (χ2v) is 17.2. The van der Waals surface area contributed by atoms with Crippen LogP contribution in [0.3, 0.4) is 0 Å². The van der Waals surface area contributed by atoms with Crippen molar-refractivity contribution in [3.8, 4) is 5.75 Å². The molecule has 0 heterocycles. The smallest absolute Gasteiger partial charge is 0.305 e. The number of rotatable bonds is 29. The second kappa shape index (κ2) is 28.7. The van der Waals surface area contributed by atoms with Gasteiger partial charge in [0.25, 0.3) is 0 Å². The number of nitrogens with one attached hydrogen (secondary N) is 7. The van der Waals surface area contributed by atoms with Gasteiger partial charge in [-0.15, -0.1) is 0 Å². The summed E-state index contributed by atoms with van der Waals surface area (Å²) in [6.07, 6.45) is -0.439. The summed E-state index contributed by atoms with van der Waals surface area (Å²) in [6.45, 7) is 8.13. The molecule has 0 aliphatic carbocycles. The highest BCUT2D eigenvalue weighted by atomic mass is 16.4. The molecule has 23 heteroatoms. The molecule has 0 aliphatic rings. The number of guanidine groups is 1. The van der Waals surface area contributed by atoms with Crippen molar-refractivity contribution >= 4 is 59.2 Å². The zero-order valence-corrected chi connectivity index (χ0v) is 39.1.